The van der Waals surface area contributed by atoms with Crippen LogP contribution in [0.5, 0.6) is 0 Å². The molecule has 1 atom stereocenters. The molecule has 106 valence electrons. The van der Waals surface area contributed by atoms with Gasteiger partial charge in [-0.25, -0.2) is 4.98 Å². The number of amides is 1. The summed E-state index contributed by atoms with van der Waals surface area (Å²) < 4.78 is 0. The van der Waals surface area contributed by atoms with Crippen molar-refractivity contribution in [1.82, 2.24) is 15.3 Å². The van der Waals surface area contributed by atoms with Gasteiger partial charge < -0.3 is 10.4 Å². The van der Waals surface area contributed by atoms with Crippen LogP contribution in [-0.4, -0.2) is 33.6 Å². The van der Waals surface area contributed by atoms with Crippen molar-refractivity contribution in [3.63, 3.8) is 0 Å². The Bertz CT molecular complexity index is 557. The zero-order valence-corrected chi connectivity index (χ0v) is 12.1. The van der Waals surface area contributed by atoms with E-state index in [1.807, 2.05) is 23.6 Å². The maximum Gasteiger partial charge on any atom is 0.220 e. The van der Waals surface area contributed by atoms with E-state index in [0.29, 0.717) is 12.8 Å². The summed E-state index contributed by atoms with van der Waals surface area (Å²) in [5, 5.41) is 14.4. The Hall–Kier alpha value is -1.79. The summed E-state index contributed by atoms with van der Waals surface area (Å²) in [6.07, 6.45) is 2.70. The van der Waals surface area contributed by atoms with Gasteiger partial charge in [-0.3, -0.25) is 9.78 Å². The lowest BCUT2D eigenvalue weighted by atomic mass is 10.2. The van der Waals surface area contributed by atoms with E-state index in [0.717, 1.165) is 16.4 Å². The number of nitrogens with one attached hydrogen (secondary N) is 1. The molecule has 0 saturated heterocycles. The van der Waals surface area contributed by atoms with Crippen molar-refractivity contribution in [2.75, 3.05) is 6.61 Å². The number of aryl methyl sites for hydroxylation is 1. The second-order valence-electron chi connectivity index (χ2n) is 4.51. The topological polar surface area (TPSA) is 75.1 Å². The van der Waals surface area contributed by atoms with Gasteiger partial charge in [0.15, 0.2) is 0 Å². The van der Waals surface area contributed by atoms with Gasteiger partial charge in [0.05, 0.1) is 18.0 Å². The molecule has 0 aromatic carbocycles. The third kappa shape index (κ3) is 4.11. The fourth-order valence-electron chi connectivity index (χ4n) is 1.66. The van der Waals surface area contributed by atoms with Crippen molar-refractivity contribution >= 4 is 17.2 Å². The molecule has 2 aromatic rings. The van der Waals surface area contributed by atoms with E-state index in [2.05, 4.69) is 15.3 Å². The molecule has 0 saturated carbocycles. The number of carbonyl (C=O) groups is 1. The van der Waals surface area contributed by atoms with Crippen LogP contribution in [0.15, 0.2) is 29.8 Å². The Balaban J connectivity index is 1.89. The molecule has 5 nitrogen and oxygen atoms in total. The van der Waals surface area contributed by atoms with Crippen LogP contribution in [0.4, 0.5) is 0 Å². The fraction of sp³-hybridized carbons (Fsp3) is 0.357. The number of pyridine rings is 1. The Morgan fingerprint density at radius 3 is 3.05 bits per heavy atom. The van der Waals surface area contributed by atoms with Gasteiger partial charge in [0.25, 0.3) is 0 Å². The molecular weight excluding hydrogens is 274 g/mol. The molecule has 2 aromatic heterocycles. The summed E-state index contributed by atoms with van der Waals surface area (Å²) in [7, 11) is 0. The molecule has 0 aliphatic heterocycles. The van der Waals surface area contributed by atoms with Crippen LogP contribution in [0.2, 0.25) is 0 Å². The molecule has 0 bridgehead atoms. The SMILES string of the molecule is CC(CO)NC(=O)CCc1csc(-c2ccccn2)n1. The molecule has 0 radical (unpaired) electrons. The number of nitrogens with zero attached hydrogens (tertiary/aromatic N) is 2. The van der Waals surface area contributed by atoms with Crippen LogP contribution < -0.4 is 5.32 Å². The molecule has 2 N–H and O–H groups in total. The number of carbonyl (C=O) groups excluding carboxylic acids is 1. The highest BCUT2D eigenvalue weighted by Gasteiger charge is 2.09. The molecule has 1 unspecified atom stereocenters. The van der Waals surface area contributed by atoms with Gasteiger partial charge >= 0.3 is 0 Å². The van der Waals surface area contributed by atoms with E-state index in [-0.39, 0.29) is 18.6 Å². The van der Waals surface area contributed by atoms with Gasteiger partial charge in [0.2, 0.25) is 5.91 Å². The molecule has 6 heteroatoms. The van der Waals surface area contributed by atoms with E-state index in [4.69, 9.17) is 5.11 Å². The Labute approximate surface area is 121 Å². The first-order chi connectivity index (χ1) is 9.69. The number of hydrogen-bond donors (Lipinski definition) is 2. The highest BCUT2D eigenvalue weighted by Crippen LogP contribution is 2.21. The second-order valence-corrected chi connectivity index (χ2v) is 5.37. The minimum atomic E-state index is -0.206. The molecule has 0 aliphatic carbocycles. The van der Waals surface area contributed by atoms with Crippen molar-refractivity contribution in [2.45, 2.75) is 25.8 Å². The smallest absolute Gasteiger partial charge is 0.220 e. The Morgan fingerprint density at radius 1 is 1.50 bits per heavy atom. The molecule has 2 rings (SSSR count). The lowest BCUT2D eigenvalue weighted by Crippen LogP contribution is -2.35. The normalized spacial score (nSPS) is 12.1. The maximum absolute atomic E-state index is 11.6. The second kappa shape index (κ2) is 7.12. The average Bonchev–Trinajstić information content (AvgIpc) is 2.95. The molecule has 0 aliphatic rings. The first-order valence-corrected chi connectivity index (χ1v) is 7.33. The largest absolute Gasteiger partial charge is 0.394 e. The number of aliphatic hydroxyl groups is 1. The van der Waals surface area contributed by atoms with Gasteiger partial charge in [0.1, 0.15) is 5.01 Å². The summed E-state index contributed by atoms with van der Waals surface area (Å²) in [5.74, 6) is -0.0704. The monoisotopic (exact) mass is 291 g/mol. The van der Waals surface area contributed by atoms with Crippen molar-refractivity contribution in [3.8, 4) is 10.7 Å². The number of aliphatic hydroxyl groups excluding tert-OH is 1. The van der Waals surface area contributed by atoms with Crippen LogP contribution >= 0.6 is 11.3 Å². The third-order valence-corrected chi connectivity index (χ3v) is 3.64. The van der Waals surface area contributed by atoms with Gasteiger partial charge in [0, 0.05) is 24.0 Å². The maximum atomic E-state index is 11.6. The highest BCUT2D eigenvalue weighted by molar-refractivity contribution is 7.13. The fourth-order valence-corrected chi connectivity index (χ4v) is 2.49. The quantitative estimate of drug-likeness (QED) is 0.848. The summed E-state index contributed by atoms with van der Waals surface area (Å²) in [4.78, 5) is 20.3. The van der Waals surface area contributed by atoms with E-state index in [1.54, 1.807) is 13.1 Å². The standard InChI is InChI=1S/C14H17N3O2S/c1-10(8-18)16-13(19)6-5-11-9-20-14(17-11)12-4-2-3-7-15-12/h2-4,7,9-10,18H,5-6,8H2,1H3,(H,16,19). The third-order valence-electron chi connectivity index (χ3n) is 2.73. The van der Waals surface area contributed by atoms with Crippen molar-refractivity contribution < 1.29 is 9.90 Å². The lowest BCUT2D eigenvalue weighted by Gasteiger charge is -2.09. The van der Waals surface area contributed by atoms with Crippen LogP contribution in [0, 0.1) is 0 Å². The van der Waals surface area contributed by atoms with Crippen molar-refractivity contribution in [3.05, 3.63) is 35.5 Å². The zero-order chi connectivity index (χ0) is 14.4. The van der Waals surface area contributed by atoms with Crippen LogP contribution in [0.25, 0.3) is 10.7 Å². The van der Waals surface area contributed by atoms with E-state index in [9.17, 15) is 4.79 Å². The number of thiazole rings is 1. The molecule has 0 spiro atoms. The van der Waals surface area contributed by atoms with Crippen LogP contribution in [-0.2, 0) is 11.2 Å². The van der Waals surface area contributed by atoms with E-state index >= 15 is 0 Å². The Morgan fingerprint density at radius 2 is 2.35 bits per heavy atom. The van der Waals surface area contributed by atoms with E-state index in [1.165, 1.54) is 11.3 Å². The Kier molecular flexibility index (Phi) is 5.20. The van der Waals surface area contributed by atoms with Gasteiger partial charge in [-0.05, 0) is 25.5 Å². The minimum absolute atomic E-state index is 0.0493. The molecule has 0 fully saturated rings. The summed E-state index contributed by atoms with van der Waals surface area (Å²) >= 11 is 1.53. The molecule has 20 heavy (non-hydrogen) atoms. The van der Waals surface area contributed by atoms with Crippen LogP contribution in [0.1, 0.15) is 19.0 Å². The number of aromatic nitrogens is 2. The van der Waals surface area contributed by atoms with Gasteiger partial charge in [-0.1, -0.05) is 6.07 Å². The predicted octanol–water partition coefficient (Wildman–Crippen LogP) is 1.63. The summed E-state index contributed by atoms with van der Waals surface area (Å²) in [6.45, 7) is 1.71. The molecule has 2 heterocycles. The summed E-state index contributed by atoms with van der Waals surface area (Å²) in [6, 6.07) is 5.50. The average molecular weight is 291 g/mol. The van der Waals surface area contributed by atoms with Gasteiger partial charge in [-0.15, -0.1) is 11.3 Å². The van der Waals surface area contributed by atoms with Crippen molar-refractivity contribution in [2.24, 2.45) is 0 Å². The number of hydrogen-bond acceptors (Lipinski definition) is 5. The molecule has 1 amide bonds. The van der Waals surface area contributed by atoms with Gasteiger partial charge in [-0.2, -0.15) is 0 Å². The highest BCUT2D eigenvalue weighted by atomic mass is 32.1. The predicted molar refractivity (Wildman–Crippen MR) is 78.4 cm³/mol. The molecular formula is C14H17N3O2S. The minimum Gasteiger partial charge on any atom is -0.394 e. The zero-order valence-electron chi connectivity index (χ0n) is 11.2. The van der Waals surface area contributed by atoms with Crippen LogP contribution in [0.3, 0.4) is 0 Å². The first-order valence-electron chi connectivity index (χ1n) is 6.45. The first kappa shape index (κ1) is 14.6. The summed E-state index contributed by atoms with van der Waals surface area (Å²) in [5.41, 5.74) is 1.74. The van der Waals surface area contributed by atoms with Crippen molar-refractivity contribution in [1.29, 1.82) is 0 Å². The number of rotatable bonds is 6. The van der Waals surface area contributed by atoms with E-state index < -0.39 is 0 Å². The lowest BCUT2D eigenvalue weighted by molar-refractivity contribution is -0.121.